The van der Waals surface area contributed by atoms with E-state index in [1.165, 1.54) is 6.92 Å². The Bertz CT molecular complexity index is 461. The van der Waals surface area contributed by atoms with Gasteiger partial charge in [-0.3, -0.25) is 10.1 Å². The van der Waals surface area contributed by atoms with Gasteiger partial charge in [-0.05, 0) is 38.8 Å². The number of carbonyl (C=O) groups excluding carboxylic acids is 2. The SMILES string of the molecule is Cc1cc(C)c(NC(=O)NC(=O)C(C)Cl)c(C)c1. The zero-order valence-electron chi connectivity index (χ0n) is 10.9. The minimum atomic E-state index is -0.740. The fraction of sp³-hybridized carbons (Fsp3) is 0.385. The Morgan fingerprint density at radius 1 is 1.17 bits per heavy atom. The van der Waals surface area contributed by atoms with Crippen molar-refractivity contribution in [3.63, 3.8) is 0 Å². The summed E-state index contributed by atoms with van der Waals surface area (Å²) in [5.74, 6) is -0.517. The molecule has 5 heteroatoms. The van der Waals surface area contributed by atoms with E-state index in [0.29, 0.717) is 5.69 Å². The highest BCUT2D eigenvalue weighted by molar-refractivity contribution is 6.31. The number of hydrogen-bond acceptors (Lipinski definition) is 2. The van der Waals surface area contributed by atoms with Gasteiger partial charge in [0.15, 0.2) is 0 Å². The van der Waals surface area contributed by atoms with Crippen molar-refractivity contribution in [2.75, 3.05) is 5.32 Å². The molecule has 0 bridgehead atoms. The van der Waals surface area contributed by atoms with E-state index in [1.54, 1.807) is 0 Å². The van der Waals surface area contributed by atoms with Crippen LogP contribution in [0.15, 0.2) is 12.1 Å². The number of imide groups is 1. The number of urea groups is 1. The number of amides is 3. The first-order chi connectivity index (χ1) is 8.31. The number of nitrogens with one attached hydrogen (secondary N) is 2. The summed E-state index contributed by atoms with van der Waals surface area (Å²) >= 11 is 5.57. The van der Waals surface area contributed by atoms with Crippen molar-refractivity contribution in [1.82, 2.24) is 5.32 Å². The second-order valence-corrected chi connectivity index (χ2v) is 4.99. The summed E-state index contributed by atoms with van der Waals surface area (Å²) in [6, 6.07) is 3.37. The standard InChI is InChI=1S/C13H17ClN2O2/c1-7-5-8(2)11(9(3)6-7)15-13(18)16-12(17)10(4)14/h5-6,10H,1-4H3,(H2,15,16,17,18). The van der Waals surface area contributed by atoms with Gasteiger partial charge in [-0.25, -0.2) is 4.79 Å². The first-order valence-electron chi connectivity index (χ1n) is 5.65. The molecule has 0 saturated heterocycles. The molecule has 1 rings (SSSR count). The van der Waals surface area contributed by atoms with Crippen LogP contribution in [0.5, 0.6) is 0 Å². The minimum absolute atomic E-state index is 0.517. The van der Waals surface area contributed by atoms with Gasteiger partial charge < -0.3 is 5.32 Å². The van der Waals surface area contributed by atoms with E-state index < -0.39 is 17.3 Å². The van der Waals surface area contributed by atoms with E-state index in [1.807, 2.05) is 32.9 Å². The van der Waals surface area contributed by atoms with Crippen molar-refractivity contribution in [2.24, 2.45) is 0 Å². The van der Waals surface area contributed by atoms with Crippen molar-refractivity contribution >= 4 is 29.2 Å². The van der Waals surface area contributed by atoms with Crippen molar-refractivity contribution < 1.29 is 9.59 Å². The fourth-order valence-corrected chi connectivity index (χ4v) is 1.79. The molecule has 1 unspecified atom stereocenters. The number of hydrogen-bond donors (Lipinski definition) is 2. The molecule has 98 valence electrons. The quantitative estimate of drug-likeness (QED) is 0.811. The van der Waals surface area contributed by atoms with Crippen molar-refractivity contribution in [3.05, 3.63) is 28.8 Å². The molecule has 0 aliphatic rings. The Morgan fingerprint density at radius 2 is 1.67 bits per heavy atom. The van der Waals surface area contributed by atoms with Crippen LogP contribution in [0.4, 0.5) is 10.5 Å². The van der Waals surface area contributed by atoms with Crippen molar-refractivity contribution in [2.45, 2.75) is 33.1 Å². The summed E-state index contributed by atoms with van der Waals surface area (Å²) in [4.78, 5) is 22.9. The summed E-state index contributed by atoms with van der Waals surface area (Å²) in [7, 11) is 0. The molecule has 18 heavy (non-hydrogen) atoms. The Labute approximate surface area is 112 Å². The number of rotatable bonds is 2. The Balaban J connectivity index is 2.80. The number of alkyl halides is 1. The van der Waals surface area contributed by atoms with Crippen LogP contribution in [0.1, 0.15) is 23.6 Å². The summed E-state index contributed by atoms with van der Waals surface area (Å²) in [6.45, 7) is 7.30. The first kappa shape index (κ1) is 14.5. The molecular formula is C13H17ClN2O2. The van der Waals surface area contributed by atoms with Gasteiger partial charge in [0.2, 0.25) is 5.91 Å². The van der Waals surface area contributed by atoms with Gasteiger partial charge >= 0.3 is 6.03 Å². The Morgan fingerprint density at radius 3 is 2.11 bits per heavy atom. The lowest BCUT2D eigenvalue weighted by molar-refractivity contribution is -0.119. The Hall–Kier alpha value is -1.55. The first-order valence-corrected chi connectivity index (χ1v) is 6.08. The van der Waals surface area contributed by atoms with Crippen molar-refractivity contribution in [1.29, 1.82) is 0 Å². The molecule has 3 amide bonds. The fourth-order valence-electron chi connectivity index (χ4n) is 1.73. The lowest BCUT2D eigenvalue weighted by atomic mass is 10.1. The number of halogens is 1. The number of anilines is 1. The molecule has 0 aromatic heterocycles. The third-order valence-electron chi connectivity index (χ3n) is 2.51. The molecule has 1 aromatic carbocycles. The summed E-state index contributed by atoms with van der Waals surface area (Å²) < 4.78 is 0. The maximum absolute atomic E-state index is 11.6. The molecule has 1 atom stereocenters. The van der Waals surface area contributed by atoms with E-state index in [2.05, 4.69) is 10.6 Å². The average Bonchev–Trinajstić information content (AvgIpc) is 2.23. The zero-order valence-corrected chi connectivity index (χ0v) is 11.7. The van der Waals surface area contributed by atoms with Gasteiger partial charge in [0.25, 0.3) is 0 Å². The summed E-state index contributed by atoms with van der Waals surface area (Å²) in [6.07, 6.45) is 0. The van der Waals surface area contributed by atoms with Crippen LogP contribution >= 0.6 is 11.6 Å². The second kappa shape index (κ2) is 5.87. The highest BCUT2D eigenvalue weighted by Crippen LogP contribution is 2.21. The summed E-state index contributed by atoms with van der Waals surface area (Å²) in [5.41, 5.74) is 3.75. The molecule has 1 aromatic rings. The maximum atomic E-state index is 11.6. The second-order valence-electron chi connectivity index (χ2n) is 4.33. The van der Waals surface area contributed by atoms with E-state index in [4.69, 9.17) is 11.6 Å². The molecule has 0 fully saturated rings. The molecule has 4 nitrogen and oxygen atoms in total. The number of aryl methyl sites for hydroxylation is 3. The van der Waals surface area contributed by atoms with Gasteiger partial charge in [-0.2, -0.15) is 0 Å². The summed E-state index contributed by atoms with van der Waals surface area (Å²) in [5, 5.41) is 4.10. The Kier molecular flexibility index (Phi) is 4.73. The molecular weight excluding hydrogens is 252 g/mol. The zero-order chi connectivity index (χ0) is 13.9. The molecule has 0 saturated carbocycles. The van der Waals surface area contributed by atoms with E-state index in [-0.39, 0.29) is 0 Å². The highest BCUT2D eigenvalue weighted by Gasteiger charge is 2.14. The van der Waals surface area contributed by atoms with Gasteiger partial charge in [-0.15, -0.1) is 11.6 Å². The van der Waals surface area contributed by atoms with Gasteiger partial charge in [0.05, 0.1) is 0 Å². The van der Waals surface area contributed by atoms with Crippen LogP contribution < -0.4 is 10.6 Å². The van der Waals surface area contributed by atoms with Gasteiger partial charge in [0, 0.05) is 5.69 Å². The van der Waals surface area contributed by atoms with Gasteiger partial charge in [0.1, 0.15) is 5.38 Å². The predicted octanol–water partition coefficient (Wildman–Crippen LogP) is 2.89. The van der Waals surface area contributed by atoms with Crippen LogP contribution in [-0.2, 0) is 4.79 Å². The minimum Gasteiger partial charge on any atom is -0.307 e. The van der Waals surface area contributed by atoms with E-state index >= 15 is 0 Å². The third kappa shape index (κ3) is 3.74. The molecule has 0 radical (unpaired) electrons. The molecule has 0 aliphatic heterocycles. The lowest BCUT2D eigenvalue weighted by Crippen LogP contribution is -2.38. The van der Waals surface area contributed by atoms with Crippen LogP contribution in [-0.4, -0.2) is 17.3 Å². The van der Waals surface area contributed by atoms with Crippen LogP contribution in [0.2, 0.25) is 0 Å². The third-order valence-corrected chi connectivity index (χ3v) is 2.71. The predicted molar refractivity (Wildman–Crippen MR) is 73.1 cm³/mol. The number of benzene rings is 1. The average molecular weight is 269 g/mol. The maximum Gasteiger partial charge on any atom is 0.325 e. The van der Waals surface area contributed by atoms with E-state index in [0.717, 1.165) is 16.7 Å². The molecule has 0 aliphatic carbocycles. The molecule has 0 heterocycles. The van der Waals surface area contributed by atoms with Crippen LogP contribution in [0.25, 0.3) is 0 Å². The highest BCUT2D eigenvalue weighted by atomic mass is 35.5. The lowest BCUT2D eigenvalue weighted by Gasteiger charge is -2.13. The molecule has 0 spiro atoms. The van der Waals surface area contributed by atoms with Gasteiger partial charge in [-0.1, -0.05) is 17.7 Å². The van der Waals surface area contributed by atoms with Crippen molar-refractivity contribution in [3.8, 4) is 0 Å². The van der Waals surface area contributed by atoms with E-state index in [9.17, 15) is 9.59 Å². The van der Waals surface area contributed by atoms with Crippen LogP contribution in [0.3, 0.4) is 0 Å². The largest absolute Gasteiger partial charge is 0.325 e. The van der Waals surface area contributed by atoms with Crippen LogP contribution in [0, 0.1) is 20.8 Å². The smallest absolute Gasteiger partial charge is 0.307 e. The molecule has 2 N–H and O–H groups in total. The number of carbonyl (C=O) groups is 2. The topological polar surface area (TPSA) is 58.2 Å². The normalized spacial score (nSPS) is 11.8. The monoisotopic (exact) mass is 268 g/mol.